The molecule has 0 bridgehead atoms. The van der Waals surface area contributed by atoms with Crippen molar-refractivity contribution in [1.29, 1.82) is 0 Å². The largest absolute Gasteiger partial charge is 0.484 e. The summed E-state index contributed by atoms with van der Waals surface area (Å²) >= 11 is 5.90. The molecule has 0 saturated heterocycles. The van der Waals surface area contributed by atoms with Gasteiger partial charge in [-0.2, -0.15) is 0 Å². The molecule has 0 radical (unpaired) electrons. The standard InChI is InChI=1S/C29H37NO3S/c1-9-20(4)27(31)33-29(7,8)28(5,6)32-23-16-14-21(15-17-23)24-18-22-12-10-11-13-25(22)30(19(2)3)26(24)34/h10-20H,9H2,1-8H3. The summed E-state index contributed by atoms with van der Waals surface area (Å²) in [6.07, 6.45) is 0.744. The van der Waals surface area contributed by atoms with E-state index in [2.05, 4.69) is 42.7 Å². The monoisotopic (exact) mass is 479 g/mol. The van der Waals surface area contributed by atoms with Crippen molar-refractivity contribution in [2.75, 3.05) is 0 Å². The third-order valence-electron chi connectivity index (χ3n) is 6.82. The number of rotatable bonds is 8. The van der Waals surface area contributed by atoms with Crippen LogP contribution in [0.25, 0.3) is 22.0 Å². The van der Waals surface area contributed by atoms with Crippen molar-refractivity contribution in [3.05, 3.63) is 59.2 Å². The van der Waals surface area contributed by atoms with Gasteiger partial charge >= 0.3 is 5.97 Å². The zero-order valence-corrected chi connectivity index (χ0v) is 22.5. The lowest BCUT2D eigenvalue weighted by molar-refractivity contribution is -0.180. The van der Waals surface area contributed by atoms with Gasteiger partial charge in [0.2, 0.25) is 0 Å². The summed E-state index contributed by atoms with van der Waals surface area (Å²) in [5.74, 6) is 0.370. The van der Waals surface area contributed by atoms with Crippen LogP contribution >= 0.6 is 12.2 Å². The van der Waals surface area contributed by atoms with Crippen LogP contribution < -0.4 is 4.74 Å². The number of nitrogens with zero attached hydrogens (tertiary/aromatic N) is 1. The molecule has 0 N–H and O–H groups in total. The Hall–Kier alpha value is -2.66. The molecule has 0 fully saturated rings. The quantitative estimate of drug-likeness (QED) is 0.241. The molecule has 0 amide bonds. The maximum Gasteiger partial charge on any atom is 0.309 e. The summed E-state index contributed by atoms with van der Waals surface area (Å²) in [7, 11) is 0. The van der Waals surface area contributed by atoms with Gasteiger partial charge in [0.1, 0.15) is 21.6 Å². The van der Waals surface area contributed by atoms with Gasteiger partial charge in [-0.05, 0) is 83.2 Å². The summed E-state index contributed by atoms with van der Waals surface area (Å²) in [4.78, 5) is 12.4. The number of carbonyl (C=O) groups is 1. The molecule has 1 unspecified atom stereocenters. The van der Waals surface area contributed by atoms with Gasteiger partial charge in [-0.1, -0.05) is 56.4 Å². The average molecular weight is 480 g/mol. The highest BCUT2D eigenvalue weighted by Gasteiger charge is 2.43. The van der Waals surface area contributed by atoms with Crippen molar-refractivity contribution in [3.63, 3.8) is 0 Å². The number of carbonyl (C=O) groups excluding carboxylic acids is 1. The van der Waals surface area contributed by atoms with E-state index in [9.17, 15) is 4.79 Å². The second-order valence-corrected chi connectivity index (χ2v) is 10.6. The number of esters is 1. The van der Waals surface area contributed by atoms with Crippen molar-refractivity contribution >= 4 is 29.1 Å². The van der Waals surface area contributed by atoms with Gasteiger partial charge in [0, 0.05) is 17.1 Å². The maximum atomic E-state index is 12.4. The molecule has 0 aliphatic rings. The molecule has 0 saturated carbocycles. The van der Waals surface area contributed by atoms with Crippen molar-refractivity contribution in [3.8, 4) is 16.9 Å². The van der Waals surface area contributed by atoms with Crippen LogP contribution in [0.4, 0.5) is 0 Å². The molecule has 182 valence electrons. The SMILES string of the molecule is CCC(C)C(=O)OC(C)(C)C(C)(C)Oc1ccc(-c2cc3ccccc3n(C(C)C)c2=S)cc1. The fraction of sp³-hybridized carbons (Fsp3) is 0.448. The summed E-state index contributed by atoms with van der Waals surface area (Å²) in [5, 5.41) is 1.16. The second-order valence-electron chi connectivity index (χ2n) is 10.3. The zero-order chi connectivity index (χ0) is 25.3. The van der Waals surface area contributed by atoms with Crippen LogP contribution in [-0.4, -0.2) is 21.7 Å². The van der Waals surface area contributed by atoms with Gasteiger partial charge in [-0.3, -0.25) is 4.79 Å². The van der Waals surface area contributed by atoms with E-state index in [0.717, 1.165) is 33.1 Å². The third kappa shape index (κ3) is 5.20. The molecule has 1 aromatic heterocycles. The highest BCUT2D eigenvalue weighted by Crippen LogP contribution is 2.34. The first kappa shape index (κ1) is 26.0. The first-order valence-electron chi connectivity index (χ1n) is 12.0. The number of hydrogen-bond donors (Lipinski definition) is 0. The number of fused-ring (bicyclic) bond motifs is 1. The molecule has 4 nitrogen and oxygen atoms in total. The smallest absolute Gasteiger partial charge is 0.309 e. The fourth-order valence-electron chi connectivity index (χ4n) is 3.77. The fourth-order valence-corrected chi connectivity index (χ4v) is 4.25. The highest BCUT2D eigenvalue weighted by atomic mass is 32.1. The summed E-state index contributed by atoms with van der Waals surface area (Å²) in [6, 6.07) is 18.7. The Balaban J connectivity index is 1.90. The molecular weight excluding hydrogens is 442 g/mol. The normalized spacial score (nSPS) is 13.2. The minimum atomic E-state index is -0.804. The first-order valence-corrected chi connectivity index (χ1v) is 12.5. The summed E-state index contributed by atoms with van der Waals surface area (Å²) < 4.78 is 15.2. The minimum absolute atomic E-state index is 0.141. The Kier molecular flexibility index (Phi) is 7.56. The Labute approximate surface area is 208 Å². The Morgan fingerprint density at radius 2 is 1.59 bits per heavy atom. The molecule has 0 aliphatic carbocycles. The van der Waals surface area contributed by atoms with E-state index >= 15 is 0 Å². The Bertz CT molecular complexity index is 1220. The van der Waals surface area contributed by atoms with Crippen molar-refractivity contribution in [2.24, 2.45) is 5.92 Å². The number of ether oxygens (including phenoxy) is 2. The van der Waals surface area contributed by atoms with Crippen LogP contribution in [0.5, 0.6) is 5.75 Å². The predicted octanol–water partition coefficient (Wildman–Crippen LogP) is 8.14. The van der Waals surface area contributed by atoms with Crippen LogP contribution in [0.2, 0.25) is 0 Å². The van der Waals surface area contributed by atoms with Gasteiger partial charge in [0.05, 0.1) is 5.92 Å². The molecule has 2 aromatic carbocycles. The van der Waals surface area contributed by atoms with Gasteiger partial charge in [-0.25, -0.2) is 0 Å². The van der Waals surface area contributed by atoms with Gasteiger partial charge in [0.25, 0.3) is 0 Å². The van der Waals surface area contributed by atoms with E-state index in [1.807, 2.05) is 71.9 Å². The highest BCUT2D eigenvalue weighted by molar-refractivity contribution is 7.71. The van der Waals surface area contributed by atoms with E-state index in [-0.39, 0.29) is 17.9 Å². The molecule has 0 spiro atoms. The molecular formula is C29H37NO3S. The van der Waals surface area contributed by atoms with E-state index in [0.29, 0.717) is 5.75 Å². The Morgan fingerprint density at radius 3 is 2.18 bits per heavy atom. The van der Waals surface area contributed by atoms with E-state index in [1.165, 1.54) is 0 Å². The van der Waals surface area contributed by atoms with Crippen LogP contribution in [0.3, 0.4) is 0 Å². The maximum absolute atomic E-state index is 12.4. The molecule has 0 aliphatic heterocycles. The van der Waals surface area contributed by atoms with Crippen molar-refractivity contribution in [2.45, 2.75) is 79.1 Å². The molecule has 3 aromatic rings. The topological polar surface area (TPSA) is 40.5 Å². The molecule has 1 atom stereocenters. The van der Waals surface area contributed by atoms with E-state index < -0.39 is 11.2 Å². The van der Waals surface area contributed by atoms with Crippen LogP contribution in [0, 0.1) is 10.6 Å². The predicted molar refractivity (Wildman–Crippen MR) is 143 cm³/mol. The van der Waals surface area contributed by atoms with Gasteiger partial charge in [-0.15, -0.1) is 0 Å². The lowest BCUT2D eigenvalue weighted by Crippen LogP contribution is -2.53. The summed E-state index contributed by atoms with van der Waals surface area (Å²) in [6.45, 7) is 15.8. The van der Waals surface area contributed by atoms with Gasteiger partial charge in [0.15, 0.2) is 0 Å². The van der Waals surface area contributed by atoms with Crippen molar-refractivity contribution < 1.29 is 14.3 Å². The first-order chi connectivity index (χ1) is 15.9. The number of pyridine rings is 1. The number of benzene rings is 2. The number of aromatic nitrogens is 1. The van der Waals surface area contributed by atoms with Crippen LogP contribution in [-0.2, 0) is 9.53 Å². The number of hydrogen-bond acceptors (Lipinski definition) is 4. The number of para-hydroxylation sites is 1. The minimum Gasteiger partial charge on any atom is -0.484 e. The molecule has 1 heterocycles. The van der Waals surface area contributed by atoms with Gasteiger partial charge < -0.3 is 14.0 Å². The van der Waals surface area contributed by atoms with E-state index in [4.69, 9.17) is 21.7 Å². The lowest BCUT2D eigenvalue weighted by Gasteiger charge is -2.41. The molecule has 3 rings (SSSR count). The Morgan fingerprint density at radius 1 is 0.971 bits per heavy atom. The lowest BCUT2D eigenvalue weighted by atomic mass is 9.88. The zero-order valence-electron chi connectivity index (χ0n) is 21.6. The third-order valence-corrected chi connectivity index (χ3v) is 7.24. The average Bonchev–Trinajstić information content (AvgIpc) is 2.77. The molecule has 34 heavy (non-hydrogen) atoms. The van der Waals surface area contributed by atoms with E-state index in [1.54, 1.807) is 0 Å². The molecule has 5 heteroatoms. The van der Waals surface area contributed by atoms with Crippen LogP contribution in [0.1, 0.15) is 67.9 Å². The van der Waals surface area contributed by atoms with Crippen LogP contribution in [0.15, 0.2) is 54.6 Å². The van der Waals surface area contributed by atoms with Crippen molar-refractivity contribution in [1.82, 2.24) is 4.57 Å². The second kappa shape index (κ2) is 9.91. The summed E-state index contributed by atoms with van der Waals surface area (Å²) in [5.41, 5.74) is 1.67.